The van der Waals surface area contributed by atoms with Crippen LogP contribution in [0.2, 0.25) is 0 Å². The summed E-state index contributed by atoms with van der Waals surface area (Å²) in [6.45, 7) is 1.11. The average Bonchev–Trinajstić information content (AvgIpc) is 3.09. The van der Waals surface area contributed by atoms with E-state index in [2.05, 4.69) is 5.16 Å². The maximum atomic E-state index is 13.0. The quantitative estimate of drug-likeness (QED) is 0.899. The van der Waals surface area contributed by atoms with Crippen LogP contribution in [0.25, 0.3) is 11.3 Å². The molecule has 2 N–H and O–H groups in total. The molecule has 0 atom stereocenters. The van der Waals surface area contributed by atoms with Gasteiger partial charge in [-0.2, -0.15) is 0 Å². The largest absolute Gasteiger partial charge is 0.369 e. The summed E-state index contributed by atoms with van der Waals surface area (Å²) in [5, 5.41) is 3.80. The molecule has 1 aromatic heterocycles. The monoisotopic (exact) mass is 345 g/mol. The molecule has 7 heteroatoms. The van der Waals surface area contributed by atoms with Crippen molar-refractivity contribution >= 4 is 11.8 Å². The number of piperidine rings is 1. The SMILES string of the molecule is NC(=O)C1CCN(C(=O)CCc2cnoc2-c2ccc(F)cc2)CC1. The van der Waals surface area contributed by atoms with Crippen LogP contribution < -0.4 is 5.73 Å². The molecule has 132 valence electrons. The van der Waals surface area contributed by atoms with E-state index in [4.69, 9.17) is 10.3 Å². The lowest BCUT2D eigenvalue weighted by Gasteiger charge is -2.30. The molecule has 2 amide bonds. The summed E-state index contributed by atoms with van der Waals surface area (Å²) < 4.78 is 18.3. The first-order valence-electron chi connectivity index (χ1n) is 8.31. The zero-order valence-electron chi connectivity index (χ0n) is 13.8. The lowest BCUT2D eigenvalue weighted by molar-refractivity contribution is -0.134. The summed E-state index contributed by atoms with van der Waals surface area (Å²) in [6, 6.07) is 5.96. The standard InChI is InChI=1S/C18H20FN3O3/c19-15-4-1-12(2-5-15)17-14(11-21-25-17)3-6-16(23)22-9-7-13(8-10-22)18(20)24/h1-2,4-5,11,13H,3,6-10H2,(H2,20,24). The molecule has 0 aliphatic carbocycles. The molecule has 1 fully saturated rings. The van der Waals surface area contributed by atoms with Gasteiger partial charge in [-0.05, 0) is 43.5 Å². The van der Waals surface area contributed by atoms with E-state index in [0.29, 0.717) is 44.5 Å². The number of primary amides is 1. The molecule has 1 aromatic carbocycles. The number of rotatable bonds is 5. The van der Waals surface area contributed by atoms with E-state index in [0.717, 1.165) is 11.1 Å². The van der Waals surface area contributed by atoms with Crippen LogP contribution in [0, 0.1) is 11.7 Å². The Morgan fingerprint density at radius 3 is 2.56 bits per heavy atom. The second-order valence-electron chi connectivity index (χ2n) is 6.24. The van der Waals surface area contributed by atoms with E-state index < -0.39 is 0 Å². The highest BCUT2D eigenvalue weighted by Crippen LogP contribution is 2.25. The van der Waals surface area contributed by atoms with Gasteiger partial charge >= 0.3 is 0 Å². The predicted molar refractivity (Wildman–Crippen MR) is 88.7 cm³/mol. The van der Waals surface area contributed by atoms with Crippen molar-refractivity contribution in [2.45, 2.75) is 25.7 Å². The van der Waals surface area contributed by atoms with E-state index in [-0.39, 0.29) is 23.5 Å². The third kappa shape index (κ3) is 4.04. The van der Waals surface area contributed by atoms with Crippen LogP contribution in [0.4, 0.5) is 4.39 Å². The summed E-state index contributed by atoms with van der Waals surface area (Å²) >= 11 is 0. The van der Waals surface area contributed by atoms with Crippen LogP contribution in [-0.4, -0.2) is 35.0 Å². The Hall–Kier alpha value is -2.70. The van der Waals surface area contributed by atoms with Gasteiger partial charge in [-0.15, -0.1) is 0 Å². The van der Waals surface area contributed by atoms with E-state index in [1.165, 1.54) is 12.1 Å². The summed E-state index contributed by atoms with van der Waals surface area (Å²) in [5.41, 5.74) is 6.85. The van der Waals surface area contributed by atoms with Crippen molar-refractivity contribution < 1.29 is 18.5 Å². The first-order chi connectivity index (χ1) is 12.0. The van der Waals surface area contributed by atoms with Crippen molar-refractivity contribution in [1.82, 2.24) is 10.1 Å². The zero-order valence-corrected chi connectivity index (χ0v) is 13.8. The molecule has 6 nitrogen and oxygen atoms in total. The number of hydrogen-bond acceptors (Lipinski definition) is 4. The first-order valence-corrected chi connectivity index (χ1v) is 8.31. The van der Waals surface area contributed by atoms with Crippen LogP contribution in [0.15, 0.2) is 35.0 Å². The molecular formula is C18H20FN3O3. The third-order valence-electron chi connectivity index (χ3n) is 4.61. The number of likely N-dealkylation sites (tertiary alicyclic amines) is 1. The Morgan fingerprint density at radius 2 is 1.92 bits per heavy atom. The Morgan fingerprint density at radius 1 is 1.24 bits per heavy atom. The maximum absolute atomic E-state index is 13.0. The van der Waals surface area contributed by atoms with Gasteiger partial charge in [0.25, 0.3) is 0 Å². The number of benzene rings is 1. The Bertz CT molecular complexity index is 749. The molecule has 2 aromatic rings. The van der Waals surface area contributed by atoms with E-state index >= 15 is 0 Å². The molecule has 0 spiro atoms. The second-order valence-corrected chi connectivity index (χ2v) is 6.24. The van der Waals surface area contributed by atoms with Gasteiger partial charge in [0.2, 0.25) is 11.8 Å². The van der Waals surface area contributed by atoms with E-state index in [1.54, 1.807) is 23.2 Å². The van der Waals surface area contributed by atoms with Gasteiger partial charge in [-0.25, -0.2) is 4.39 Å². The molecule has 25 heavy (non-hydrogen) atoms. The minimum atomic E-state index is -0.320. The fraction of sp³-hybridized carbons (Fsp3) is 0.389. The zero-order chi connectivity index (χ0) is 17.8. The van der Waals surface area contributed by atoms with Gasteiger partial charge in [-0.1, -0.05) is 5.16 Å². The molecule has 1 saturated heterocycles. The van der Waals surface area contributed by atoms with Crippen molar-refractivity contribution in [2.75, 3.05) is 13.1 Å². The van der Waals surface area contributed by atoms with Crippen LogP contribution in [0.1, 0.15) is 24.8 Å². The Kier molecular flexibility index (Phi) is 5.11. The fourth-order valence-corrected chi connectivity index (χ4v) is 3.09. The molecule has 0 unspecified atom stereocenters. The van der Waals surface area contributed by atoms with Crippen molar-refractivity contribution in [3.63, 3.8) is 0 Å². The molecule has 0 radical (unpaired) electrons. The highest BCUT2D eigenvalue weighted by atomic mass is 19.1. The first kappa shape index (κ1) is 17.1. The lowest BCUT2D eigenvalue weighted by Crippen LogP contribution is -2.41. The fourth-order valence-electron chi connectivity index (χ4n) is 3.09. The van der Waals surface area contributed by atoms with Gasteiger partial charge in [0, 0.05) is 36.6 Å². The van der Waals surface area contributed by atoms with Crippen LogP contribution in [0.5, 0.6) is 0 Å². The highest BCUT2D eigenvalue weighted by Gasteiger charge is 2.25. The summed E-state index contributed by atoms with van der Waals surface area (Å²) in [4.78, 5) is 25.3. The number of aryl methyl sites for hydroxylation is 1. The summed E-state index contributed by atoms with van der Waals surface area (Å²) in [6.07, 6.45) is 3.65. The number of amides is 2. The van der Waals surface area contributed by atoms with Crippen molar-refractivity contribution in [1.29, 1.82) is 0 Å². The number of halogens is 1. The molecule has 1 aliphatic heterocycles. The predicted octanol–water partition coefficient (Wildman–Crippen LogP) is 2.14. The van der Waals surface area contributed by atoms with Crippen LogP contribution >= 0.6 is 0 Å². The molecular weight excluding hydrogens is 325 g/mol. The second kappa shape index (κ2) is 7.46. The Labute approximate surface area is 144 Å². The van der Waals surface area contributed by atoms with E-state index in [9.17, 15) is 14.0 Å². The normalized spacial score (nSPS) is 15.3. The lowest BCUT2D eigenvalue weighted by atomic mass is 9.96. The van der Waals surface area contributed by atoms with E-state index in [1.807, 2.05) is 0 Å². The van der Waals surface area contributed by atoms with Crippen LogP contribution in [-0.2, 0) is 16.0 Å². The number of nitrogens with zero attached hydrogens (tertiary/aromatic N) is 2. The van der Waals surface area contributed by atoms with Crippen LogP contribution in [0.3, 0.4) is 0 Å². The molecule has 0 saturated carbocycles. The van der Waals surface area contributed by atoms with Crippen molar-refractivity contribution in [3.05, 3.63) is 41.8 Å². The number of nitrogens with two attached hydrogens (primary N) is 1. The minimum Gasteiger partial charge on any atom is -0.369 e. The van der Waals surface area contributed by atoms with Crippen molar-refractivity contribution in [2.24, 2.45) is 11.7 Å². The topological polar surface area (TPSA) is 89.4 Å². The van der Waals surface area contributed by atoms with Gasteiger partial charge in [0.05, 0.1) is 6.20 Å². The van der Waals surface area contributed by atoms with Gasteiger partial charge in [0.15, 0.2) is 5.76 Å². The average molecular weight is 345 g/mol. The molecule has 3 rings (SSSR count). The number of carbonyl (C=O) groups excluding carboxylic acids is 2. The number of hydrogen-bond donors (Lipinski definition) is 1. The molecule has 0 bridgehead atoms. The smallest absolute Gasteiger partial charge is 0.222 e. The van der Waals surface area contributed by atoms with Crippen molar-refractivity contribution in [3.8, 4) is 11.3 Å². The Balaban J connectivity index is 1.58. The maximum Gasteiger partial charge on any atom is 0.222 e. The number of aromatic nitrogens is 1. The summed E-state index contributed by atoms with van der Waals surface area (Å²) in [7, 11) is 0. The molecule has 1 aliphatic rings. The molecule has 2 heterocycles. The summed E-state index contributed by atoms with van der Waals surface area (Å²) in [5.74, 6) is -0.151. The third-order valence-corrected chi connectivity index (χ3v) is 4.61. The minimum absolute atomic E-state index is 0.0363. The highest BCUT2D eigenvalue weighted by molar-refractivity contribution is 5.79. The van der Waals surface area contributed by atoms with Gasteiger partial charge in [-0.3, -0.25) is 9.59 Å². The number of carbonyl (C=O) groups is 2. The van der Waals surface area contributed by atoms with Gasteiger partial charge in [0.1, 0.15) is 5.82 Å². The van der Waals surface area contributed by atoms with Gasteiger partial charge < -0.3 is 15.2 Å².